The number of sulfonamides is 1. The summed E-state index contributed by atoms with van der Waals surface area (Å²) in [6, 6.07) is 6.46. The van der Waals surface area contributed by atoms with Gasteiger partial charge in [0.25, 0.3) is 0 Å². The SMILES string of the molecule is CCOc1ccc(S(=O)(=O)N2CCC(C(C)O)C2)cc1. The van der Waals surface area contributed by atoms with Crippen molar-refractivity contribution in [2.75, 3.05) is 19.7 Å². The summed E-state index contributed by atoms with van der Waals surface area (Å²) in [5.74, 6) is 0.683. The van der Waals surface area contributed by atoms with E-state index in [9.17, 15) is 13.5 Å². The van der Waals surface area contributed by atoms with Crippen LogP contribution in [0.1, 0.15) is 20.3 Å². The van der Waals surface area contributed by atoms with Gasteiger partial charge in [-0.15, -0.1) is 0 Å². The Kier molecular flexibility index (Phi) is 4.67. The molecule has 0 spiro atoms. The standard InChI is InChI=1S/C14H21NO4S/c1-3-19-13-4-6-14(7-5-13)20(17,18)15-9-8-12(10-15)11(2)16/h4-7,11-12,16H,3,8-10H2,1-2H3. The van der Waals surface area contributed by atoms with E-state index in [1.54, 1.807) is 31.2 Å². The molecule has 0 saturated carbocycles. The van der Waals surface area contributed by atoms with E-state index in [2.05, 4.69) is 0 Å². The van der Waals surface area contributed by atoms with Gasteiger partial charge in [0, 0.05) is 13.1 Å². The summed E-state index contributed by atoms with van der Waals surface area (Å²) in [6.07, 6.45) is 0.226. The molecule has 1 fully saturated rings. The molecule has 20 heavy (non-hydrogen) atoms. The molecule has 2 rings (SSSR count). The molecule has 1 saturated heterocycles. The van der Waals surface area contributed by atoms with Crippen LogP contribution >= 0.6 is 0 Å². The molecular formula is C14H21NO4S. The van der Waals surface area contributed by atoms with Gasteiger partial charge in [-0.05, 0) is 50.5 Å². The number of benzene rings is 1. The third kappa shape index (κ3) is 3.13. The van der Waals surface area contributed by atoms with Crippen LogP contribution in [0, 0.1) is 5.92 Å². The highest BCUT2D eigenvalue weighted by molar-refractivity contribution is 7.89. The third-order valence-electron chi connectivity index (χ3n) is 3.64. The molecular weight excluding hydrogens is 278 g/mol. The number of nitrogens with zero attached hydrogens (tertiary/aromatic N) is 1. The normalized spacial score (nSPS) is 21.9. The van der Waals surface area contributed by atoms with Crippen molar-refractivity contribution in [3.63, 3.8) is 0 Å². The molecule has 1 heterocycles. The molecule has 1 aliphatic rings. The van der Waals surface area contributed by atoms with Crippen molar-refractivity contribution in [2.45, 2.75) is 31.3 Å². The lowest BCUT2D eigenvalue weighted by Gasteiger charge is -2.18. The van der Waals surface area contributed by atoms with Crippen LogP contribution in [0.3, 0.4) is 0 Å². The van der Waals surface area contributed by atoms with Crippen molar-refractivity contribution >= 4 is 10.0 Å². The summed E-state index contributed by atoms with van der Waals surface area (Å²) >= 11 is 0. The summed E-state index contributed by atoms with van der Waals surface area (Å²) < 4.78 is 31.7. The average Bonchev–Trinajstić information content (AvgIpc) is 2.90. The van der Waals surface area contributed by atoms with Crippen LogP contribution in [-0.4, -0.2) is 43.6 Å². The Bertz CT molecular complexity index is 539. The predicted octanol–water partition coefficient (Wildman–Crippen LogP) is 1.48. The molecule has 112 valence electrons. The highest BCUT2D eigenvalue weighted by Crippen LogP contribution is 2.27. The second-order valence-electron chi connectivity index (χ2n) is 5.06. The number of hydrogen-bond donors (Lipinski definition) is 1. The molecule has 2 unspecified atom stereocenters. The summed E-state index contributed by atoms with van der Waals surface area (Å²) in [5, 5.41) is 9.56. The first-order valence-corrected chi connectivity index (χ1v) is 8.30. The van der Waals surface area contributed by atoms with Gasteiger partial charge in [-0.3, -0.25) is 0 Å². The van der Waals surface area contributed by atoms with Gasteiger partial charge in [0.05, 0.1) is 17.6 Å². The smallest absolute Gasteiger partial charge is 0.243 e. The third-order valence-corrected chi connectivity index (χ3v) is 5.52. The van der Waals surface area contributed by atoms with E-state index in [1.165, 1.54) is 4.31 Å². The van der Waals surface area contributed by atoms with Crippen molar-refractivity contribution in [1.29, 1.82) is 0 Å². The van der Waals surface area contributed by atoms with Crippen molar-refractivity contribution < 1.29 is 18.3 Å². The maximum atomic E-state index is 12.5. The van der Waals surface area contributed by atoms with Gasteiger partial charge >= 0.3 is 0 Å². The minimum absolute atomic E-state index is 0.0208. The van der Waals surface area contributed by atoms with E-state index in [0.717, 1.165) is 0 Å². The Labute approximate surface area is 120 Å². The predicted molar refractivity (Wildman–Crippen MR) is 76.2 cm³/mol. The number of aliphatic hydroxyl groups is 1. The number of rotatable bonds is 5. The lowest BCUT2D eigenvalue weighted by molar-refractivity contribution is 0.133. The van der Waals surface area contributed by atoms with E-state index in [1.807, 2.05) is 6.92 Å². The molecule has 0 amide bonds. The van der Waals surface area contributed by atoms with E-state index in [4.69, 9.17) is 4.74 Å². The fraction of sp³-hybridized carbons (Fsp3) is 0.571. The minimum atomic E-state index is -3.47. The van der Waals surface area contributed by atoms with Gasteiger partial charge in [-0.25, -0.2) is 8.42 Å². The average molecular weight is 299 g/mol. The lowest BCUT2D eigenvalue weighted by atomic mass is 10.0. The number of hydrogen-bond acceptors (Lipinski definition) is 4. The first kappa shape index (κ1) is 15.3. The molecule has 2 atom stereocenters. The minimum Gasteiger partial charge on any atom is -0.494 e. The second-order valence-corrected chi connectivity index (χ2v) is 6.99. The molecule has 6 heteroatoms. The van der Waals surface area contributed by atoms with Crippen LogP contribution in [0.2, 0.25) is 0 Å². The molecule has 1 aliphatic heterocycles. The zero-order chi connectivity index (χ0) is 14.8. The Morgan fingerprint density at radius 3 is 2.55 bits per heavy atom. The van der Waals surface area contributed by atoms with E-state index in [0.29, 0.717) is 31.9 Å². The lowest BCUT2D eigenvalue weighted by Crippen LogP contribution is -2.30. The molecule has 1 aromatic rings. The number of ether oxygens (including phenoxy) is 1. The fourth-order valence-electron chi connectivity index (χ4n) is 2.39. The summed E-state index contributed by atoms with van der Waals surface area (Å²) in [6.45, 7) is 4.98. The van der Waals surface area contributed by atoms with Crippen molar-refractivity contribution in [3.8, 4) is 5.75 Å². The highest BCUT2D eigenvalue weighted by atomic mass is 32.2. The van der Waals surface area contributed by atoms with Crippen LogP contribution in [0.4, 0.5) is 0 Å². The maximum absolute atomic E-state index is 12.5. The van der Waals surface area contributed by atoms with Gasteiger partial charge in [0.1, 0.15) is 5.75 Å². The molecule has 0 bridgehead atoms. The monoisotopic (exact) mass is 299 g/mol. The van der Waals surface area contributed by atoms with Gasteiger partial charge in [0.2, 0.25) is 10.0 Å². The number of aliphatic hydroxyl groups excluding tert-OH is 1. The molecule has 5 nitrogen and oxygen atoms in total. The Hall–Kier alpha value is -1.11. The topological polar surface area (TPSA) is 66.8 Å². The molecule has 0 aliphatic carbocycles. The van der Waals surface area contributed by atoms with Crippen LogP contribution in [-0.2, 0) is 10.0 Å². The summed E-state index contributed by atoms with van der Waals surface area (Å²) in [4.78, 5) is 0.271. The van der Waals surface area contributed by atoms with E-state index < -0.39 is 16.1 Å². The quantitative estimate of drug-likeness (QED) is 0.894. The Morgan fingerprint density at radius 1 is 1.40 bits per heavy atom. The van der Waals surface area contributed by atoms with Crippen LogP contribution in [0.25, 0.3) is 0 Å². The molecule has 0 radical (unpaired) electrons. The first-order valence-electron chi connectivity index (χ1n) is 6.86. The second kappa shape index (κ2) is 6.11. The Morgan fingerprint density at radius 2 is 2.05 bits per heavy atom. The zero-order valence-electron chi connectivity index (χ0n) is 11.8. The van der Waals surface area contributed by atoms with Crippen LogP contribution in [0.5, 0.6) is 5.75 Å². The maximum Gasteiger partial charge on any atom is 0.243 e. The van der Waals surface area contributed by atoms with Crippen molar-refractivity contribution in [2.24, 2.45) is 5.92 Å². The fourth-order valence-corrected chi connectivity index (χ4v) is 3.90. The van der Waals surface area contributed by atoms with Crippen molar-refractivity contribution in [3.05, 3.63) is 24.3 Å². The van der Waals surface area contributed by atoms with Gasteiger partial charge in [0.15, 0.2) is 0 Å². The van der Waals surface area contributed by atoms with E-state index in [-0.39, 0.29) is 10.8 Å². The highest BCUT2D eigenvalue weighted by Gasteiger charge is 2.34. The van der Waals surface area contributed by atoms with Crippen LogP contribution in [0.15, 0.2) is 29.2 Å². The van der Waals surface area contributed by atoms with Crippen molar-refractivity contribution in [1.82, 2.24) is 4.31 Å². The largest absolute Gasteiger partial charge is 0.494 e. The molecule has 1 N–H and O–H groups in total. The van der Waals surface area contributed by atoms with Gasteiger partial charge in [-0.1, -0.05) is 0 Å². The zero-order valence-corrected chi connectivity index (χ0v) is 12.6. The van der Waals surface area contributed by atoms with Gasteiger partial charge < -0.3 is 9.84 Å². The summed E-state index contributed by atoms with van der Waals surface area (Å²) in [7, 11) is -3.47. The van der Waals surface area contributed by atoms with E-state index >= 15 is 0 Å². The van der Waals surface area contributed by atoms with Crippen LogP contribution < -0.4 is 4.74 Å². The molecule has 1 aromatic carbocycles. The molecule has 0 aromatic heterocycles. The Balaban J connectivity index is 2.14. The van der Waals surface area contributed by atoms with Gasteiger partial charge in [-0.2, -0.15) is 4.31 Å². The summed E-state index contributed by atoms with van der Waals surface area (Å²) in [5.41, 5.74) is 0. The first-order chi connectivity index (χ1) is 9.45.